The summed E-state index contributed by atoms with van der Waals surface area (Å²) in [6.45, 7) is 7.36. The third kappa shape index (κ3) is 3.53. The van der Waals surface area contributed by atoms with Gasteiger partial charge in [-0.1, -0.05) is 13.0 Å². The van der Waals surface area contributed by atoms with E-state index in [1.54, 1.807) is 0 Å². The van der Waals surface area contributed by atoms with E-state index in [0.29, 0.717) is 18.2 Å². The Morgan fingerprint density at radius 2 is 2.06 bits per heavy atom. The Bertz CT molecular complexity index is 371. The van der Waals surface area contributed by atoms with Crippen LogP contribution in [0.1, 0.15) is 44.9 Å². The first kappa shape index (κ1) is 13.5. The summed E-state index contributed by atoms with van der Waals surface area (Å²) in [4.78, 5) is 4.48. The molecule has 3 heteroatoms. The van der Waals surface area contributed by atoms with Crippen molar-refractivity contribution in [3.05, 3.63) is 29.6 Å². The first-order chi connectivity index (χ1) is 8.69. The summed E-state index contributed by atoms with van der Waals surface area (Å²) >= 11 is 0. The SMILES string of the molecule is CCc1cccnc1CNC1CC(C)OC(C)C1. The lowest BCUT2D eigenvalue weighted by molar-refractivity contribution is -0.0423. The maximum atomic E-state index is 5.76. The molecule has 2 unspecified atom stereocenters. The van der Waals surface area contributed by atoms with E-state index in [1.165, 1.54) is 11.3 Å². The molecule has 0 amide bonds. The highest BCUT2D eigenvalue weighted by molar-refractivity contribution is 5.19. The lowest BCUT2D eigenvalue weighted by Crippen LogP contribution is -2.41. The minimum absolute atomic E-state index is 0.362. The van der Waals surface area contributed by atoms with Crippen molar-refractivity contribution in [2.24, 2.45) is 0 Å². The molecule has 1 N–H and O–H groups in total. The maximum Gasteiger partial charge on any atom is 0.0573 e. The quantitative estimate of drug-likeness (QED) is 0.889. The van der Waals surface area contributed by atoms with Crippen LogP contribution in [-0.4, -0.2) is 23.2 Å². The third-order valence-electron chi connectivity index (χ3n) is 3.62. The second kappa shape index (κ2) is 6.30. The minimum Gasteiger partial charge on any atom is -0.375 e. The largest absolute Gasteiger partial charge is 0.375 e. The van der Waals surface area contributed by atoms with E-state index in [1.807, 2.05) is 12.3 Å². The van der Waals surface area contributed by atoms with E-state index in [-0.39, 0.29) is 0 Å². The lowest BCUT2D eigenvalue weighted by atomic mass is 9.99. The normalized spacial score (nSPS) is 28.3. The van der Waals surface area contributed by atoms with Crippen LogP contribution in [0.15, 0.2) is 18.3 Å². The van der Waals surface area contributed by atoms with Gasteiger partial charge < -0.3 is 10.1 Å². The van der Waals surface area contributed by atoms with E-state index in [0.717, 1.165) is 25.8 Å². The van der Waals surface area contributed by atoms with Gasteiger partial charge in [0.05, 0.1) is 17.9 Å². The van der Waals surface area contributed by atoms with E-state index >= 15 is 0 Å². The number of aromatic nitrogens is 1. The molecule has 1 aromatic heterocycles. The molecular formula is C15H24N2O. The van der Waals surface area contributed by atoms with Crippen molar-refractivity contribution in [2.75, 3.05) is 0 Å². The van der Waals surface area contributed by atoms with Crippen LogP contribution in [0.2, 0.25) is 0 Å². The molecule has 0 radical (unpaired) electrons. The molecule has 0 aliphatic carbocycles. The van der Waals surface area contributed by atoms with Crippen LogP contribution < -0.4 is 5.32 Å². The van der Waals surface area contributed by atoms with Crippen LogP contribution in [0.5, 0.6) is 0 Å². The Balaban J connectivity index is 1.91. The fraction of sp³-hybridized carbons (Fsp3) is 0.667. The van der Waals surface area contributed by atoms with Gasteiger partial charge in [0.1, 0.15) is 0 Å². The highest BCUT2D eigenvalue weighted by atomic mass is 16.5. The summed E-state index contributed by atoms with van der Waals surface area (Å²) in [6, 6.07) is 4.73. The van der Waals surface area contributed by atoms with E-state index in [2.05, 4.69) is 37.1 Å². The van der Waals surface area contributed by atoms with Gasteiger partial charge in [0.25, 0.3) is 0 Å². The summed E-state index contributed by atoms with van der Waals surface area (Å²) in [6.07, 6.45) is 5.84. The standard InChI is InChI=1S/C15H24N2O/c1-4-13-6-5-7-16-15(13)10-17-14-8-11(2)18-12(3)9-14/h5-7,11-12,14,17H,4,8-10H2,1-3H3. The van der Waals surface area contributed by atoms with Gasteiger partial charge in [0.2, 0.25) is 0 Å². The summed E-state index contributed by atoms with van der Waals surface area (Å²) < 4.78 is 5.76. The predicted octanol–water partition coefficient (Wildman–Crippen LogP) is 2.69. The van der Waals surface area contributed by atoms with Gasteiger partial charge in [-0.15, -0.1) is 0 Å². The molecule has 0 saturated carbocycles. The Kier molecular flexibility index (Phi) is 4.72. The molecule has 1 aliphatic rings. The van der Waals surface area contributed by atoms with Crippen molar-refractivity contribution in [3.8, 4) is 0 Å². The molecule has 0 bridgehead atoms. The fourth-order valence-corrected chi connectivity index (χ4v) is 2.77. The van der Waals surface area contributed by atoms with Crippen molar-refractivity contribution >= 4 is 0 Å². The average Bonchev–Trinajstić information content (AvgIpc) is 2.35. The Labute approximate surface area is 110 Å². The molecule has 100 valence electrons. The molecule has 2 rings (SSSR count). The molecule has 1 aromatic rings. The van der Waals surface area contributed by atoms with Crippen LogP contribution in [-0.2, 0) is 17.7 Å². The monoisotopic (exact) mass is 248 g/mol. The average molecular weight is 248 g/mol. The number of rotatable bonds is 4. The summed E-state index contributed by atoms with van der Waals surface area (Å²) in [7, 11) is 0. The number of nitrogens with one attached hydrogen (secondary N) is 1. The van der Waals surface area contributed by atoms with Gasteiger partial charge >= 0.3 is 0 Å². The zero-order valence-electron chi connectivity index (χ0n) is 11.6. The first-order valence-corrected chi connectivity index (χ1v) is 7.00. The van der Waals surface area contributed by atoms with E-state index in [4.69, 9.17) is 4.74 Å². The third-order valence-corrected chi connectivity index (χ3v) is 3.62. The molecule has 0 aromatic carbocycles. The van der Waals surface area contributed by atoms with Crippen LogP contribution in [0.3, 0.4) is 0 Å². The Morgan fingerprint density at radius 1 is 1.33 bits per heavy atom. The molecular weight excluding hydrogens is 224 g/mol. The van der Waals surface area contributed by atoms with Crippen molar-refractivity contribution < 1.29 is 4.74 Å². The fourth-order valence-electron chi connectivity index (χ4n) is 2.77. The summed E-state index contributed by atoms with van der Waals surface area (Å²) in [5, 5.41) is 3.63. The second-order valence-electron chi connectivity index (χ2n) is 5.27. The van der Waals surface area contributed by atoms with Crippen molar-refractivity contribution in [1.82, 2.24) is 10.3 Å². The molecule has 2 atom stereocenters. The molecule has 18 heavy (non-hydrogen) atoms. The molecule has 2 heterocycles. The Morgan fingerprint density at radius 3 is 2.72 bits per heavy atom. The highest BCUT2D eigenvalue weighted by Crippen LogP contribution is 2.19. The minimum atomic E-state index is 0.362. The number of pyridine rings is 1. The maximum absolute atomic E-state index is 5.76. The number of ether oxygens (including phenoxy) is 1. The van der Waals surface area contributed by atoms with Gasteiger partial charge in [-0.2, -0.15) is 0 Å². The first-order valence-electron chi connectivity index (χ1n) is 7.00. The number of nitrogens with zero attached hydrogens (tertiary/aromatic N) is 1. The molecule has 3 nitrogen and oxygen atoms in total. The second-order valence-corrected chi connectivity index (χ2v) is 5.27. The van der Waals surface area contributed by atoms with Crippen molar-refractivity contribution in [3.63, 3.8) is 0 Å². The molecule has 1 aliphatic heterocycles. The van der Waals surface area contributed by atoms with Gasteiger partial charge in [-0.25, -0.2) is 0 Å². The van der Waals surface area contributed by atoms with Gasteiger partial charge in [0.15, 0.2) is 0 Å². The van der Waals surface area contributed by atoms with Gasteiger partial charge in [-0.3, -0.25) is 4.98 Å². The number of hydrogen-bond donors (Lipinski definition) is 1. The number of hydrogen-bond acceptors (Lipinski definition) is 3. The van der Waals surface area contributed by atoms with Crippen molar-refractivity contribution in [2.45, 2.75) is 64.8 Å². The predicted molar refractivity (Wildman–Crippen MR) is 73.5 cm³/mol. The lowest BCUT2D eigenvalue weighted by Gasteiger charge is -2.32. The van der Waals surface area contributed by atoms with E-state index < -0.39 is 0 Å². The summed E-state index contributed by atoms with van der Waals surface area (Å²) in [5.74, 6) is 0. The van der Waals surface area contributed by atoms with Crippen LogP contribution >= 0.6 is 0 Å². The summed E-state index contributed by atoms with van der Waals surface area (Å²) in [5.41, 5.74) is 2.53. The van der Waals surface area contributed by atoms with Gasteiger partial charge in [0, 0.05) is 18.8 Å². The van der Waals surface area contributed by atoms with Crippen LogP contribution in [0.25, 0.3) is 0 Å². The zero-order valence-corrected chi connectivity index (χ0v) is 11.6. The highest BCUT2D eigenvalue weighted by Gasteiger charge is 2.23. The number of aryl methyl sites for hydroxylation is 1. The van der Waals surface area contributed by atoms with E-state index in [9.17, 15) is 0 Å². The Hall–Kier alpha value is -0.930. The smallest absolute Gasteiger partial charge is 0.0573 e. The van der Waals surface area contributed by atoms with Gasteiger partial charge in [-0.05, 0) is 44.7 Å². The van der Waals surface area contributed by atoms with Crippen LogP contribution in [0.4, 0.5) is 0 Å². The van der Waals surface area contributed by atoms with Crippen molar-refractivity contribution in [1.29, 1.82) is 0 Å². The molecule has 1 saturated heterocycles. The topological polar surface area (TPSA) is 34.2 Å². The molecule has 0 spiro atoms. The van der Waals surface area contributed by atoms with Crippen LogP contribution in [0, 0.1) is 0 Å². The zero-order chi connectivity index (χ0) is 13.0. The molecule has 1 fully saturated rings.